The van der Waals surface area contributed by atoms with E-state index in [0.29, 0.717) is 131 Å². The van der Waals surface area contributed by atoms with Gasteiger partial charge in [0.1, 0.15) is 46.1 Å². The van der Waals surface area contributed by atoms with Crippen LogP contribution in [-0.4, -0.2) is 122 Å². The molecule has 4 aromatic carbocycles. The lowest BCUT2D eigenvalue weighted by atomic mass is 9.54. The van der Waals surface area contributed by atoms with Crippen LogP contribution in [0.1, 0.15) is 372 Å². The highest BCUT2D eigenvalue weighted by atomic mass is 16.5. The molecule has 0 aromatic heterocycles. The summed E-state index contributed by atoms with van der Waals surface area (Å²) in [6.07, 6.45) is 35.4. The Labute approximate surface area is 792 Å². The van der Waals surface area contributed by atoms with Crippen molar-refractivity contribution in [3.05, 3.63) is 117 Å². The Bertz CT molecular complexity index is 4600. The molecule has 12 aliphatic rings. The molecule has 16 rings (SSSR count). The topological polar surface area (TPSA) is 273 Å². The molecule has 0 unspecified atom stereocenters. The number of ether oxygens (including phenoxy) is 6. The van der Waals surface area contributed by atoms with Gasteiger partial charge in [0.15, 0.2) is 0 Å². The number of carboxylic acid groups (broad SMARTS) is 2. The van der Waals surface area contributed by atoms with Gasteiger partial charge in [-0.25, -0.2) is 0 Å². The number of unbranched alkanes of at least 4 members (excludes halogenated alkanes) is 6. The lowest BCUT2D eigenvalue weighted by Gasteiger charge is -2.50. The standard InChI is InChI=1S/C29H42O4.C28H40O4.C24H34O3.C23H32O3.2C5H10O2/c1-28(2,3)27(31)33-16-8-6-7-9-20-18-25(30)29(4)15-14-23-22-13-11-21(32-5)17-19(22)10-12-24(23)26(20)29;1-27(2,3)26(30)32-15-7-6-8-19-17-24(29)28(4)14-13-22-21-12-10-20(31-5)16-18(21)9-11-23(22)25(19)28;1-24-12-11-20-19-10-8-18(27-2)14-16(19)7-9-21(20)23(24)17(15-22(24)26)6-4-3-5-13-25;1-23-11-10-19-18-9-7-17(26-2)13-15(18)6-8-20(19)22(23)16(14-21(23)25)5-3-4-12-24;2*1-5(2,3)4(6)7/h11,13,17,20,23-24,26H,6-10,12,14-16,18H2,1-5H3;10,12,16,19,22-23,25H,6-9,11,13-15,17H2,1-5H3;8,10,14,17,20-21,23,25H,3-7,9,11-13,15H2,1-2H3;7,9,13,16,19-20,22,24H,3-6,8,10-12,14H2,1-2H3;2*1-3H3,(H,6,7)/t20-,23-,24-,26+,29-;19-,22-,23-,25+,28-;17-,20-,21-,23+,24-;16-,19-,20-,22+,23-;;/m1111../s1. The number of hydrogen-bond acceptors (Lipinski definition) is 16. The second kappa shape index (κ2) is 44.4. The molecule has 20 atom stereocenters. The van der Waals surface area contributed by atoms with E-state index >= 15 is 0 Å². The molecule has 12 aliphatic carbocycles. The van der Waals surface area contributed by atoms with E-state index in [1.807, 2.05) is 41.5 Å². The first-order valence-corrected chi connectivity index (χ1v) is 51.2. The monoisotopic (exact) mass is 1830 g/mol. The summed E-state index contributed by atoms with van der Waals surface area (Å²) in [4.78, 5) is 96.2. The summed E-state index contributed by atoms with van der Waals surface area (Å²) in [6, 6.07) is 26.5. The van der Waals surface area contributed by atoms with Crippen LogP contribution in [0.5, 0.6) is 23.0 Å². The SMILES string of the molecule is CC(C)(C)C(=O)O.CC(C)(C)C(=O)O.COc1ccc2c(c1)CC[C@H]1[C@@H]3[C@H](CCCCCO)CC(=O)[C@@]3(C)CC[C@H]21.COc1ccc2c(c1)CC[C@H]1[C@@H]3[C@H](CCCCCOC(=O)C(C)(C)C)CC(=O)[C@@]3(C)CC[C@H]21.COc1ccc2c(c1)CC[C@H]1[C@@H]3[C@H](CCCCO)CC(=O)[C@@]3(C)CC[C@H]21.COc1ccc2c(c1)CC[C@H]1[C@@H]3[C@H](CCCCOC(=O)C(C)(C)C)CC(=O)[C@@]3(C)CC[C@H]21. The highest BCUT2D eigenvalue weighted by molar-refractivity contribution is 5.90. The summed E-state index contributed by atoms with van der Waals surface area (Å²) in [7, 11) is 6.95. The Morgan fingerprint density at radius 1 is 0.326 bits per heavy atom. The van der Waals surface area contributed by atoms with Crippen LogP contribution >= 0.6 is 0 Å². The Balaban J connectivity index is 0.000000162. The number of carboxylic acids is 2. The highest BCUT2D eigenvalue weighted by Crippen LogP contribution is 2.67. The predicted octanol–water partition coefficient (Wildman–Crippen LogP) is 24.2. The Morgan fingerprint density at radius 2 is 0.545 bits per heavy atom. The van der Waals surface area contributed by atoms with Crippen molar-refractivity contribution >= 4 is 47.0 Å². The second-order valence-corrected chi connectivity index (χ2v) is 47.0. The van der Waals surface area contributed by atoms with Gasteiger partial charge in [0.25, 0.3) is 0 Å². The van der Waals surface area contributed by atoms with Gasteiger partial charge in [0.2, 0.25) is 0 Å². The largest absolute Gasteiger partial charge is 0.497 e. The van der Waals surface area contributed by atoms with E-state index in [1.165, 1.54) is 70.2 Å². The predicted molar refractivity (Wildman–Crippen MR) is 520 cm³/mol. The fourth-order valence-electron chi connectivity index (χ4n) is 27.2. The van der Waals surface area contributed by atoms with Crippen molar-refractivity contribution in [2.75, 3.05) is 54.9 Å². The van der Waals surface area contributed by atoms with Gasteiger partial charge in [-0.2, -0.15) is 0 Å². The van der Waals surface area contributed by atoms with Gasteiger partial charge in [0.05, 0.1) is 63.3 Å². The zero-order valence-corrected chi connectivity index (χ0v) is 84.5. The quantitative estimate of drug-likeness (QED) is 0.0375. The number of esters is 2. The lowest BCUT2D eigenvalue weighted by Crippen LogP contribution is -2.44. The van der Waals surface area contributed by atoms with Gasteiger partial charge >= 0.3 is 23.9 Å². The molecule has 132 heavy (non-hydrogen) atoms. The molecule has 18 nitrogen and oxygen atoms in total. The van der Waals surface area contributed by atoms with Crippen LogP contribution in [0.15, 0.2) is 72.8 Å². The van der Waals surface area contributed by atoms with E-state index in [4.69, 9.17) is 48.8 Å². The van der Waals surface area contributed by atoms with E-state index in [2.05, 4.69) is 100 Å². The number of benzene rings is 4. The minimum absolute atomic E-state index is 0.0905. The molecule has 18 heteroatoms. The maximum atomic E-state index is 13.2. The average molecular weight is 1830 g/mol. The van der Waals surface area contributed by atoms with E-state index in [9.17, 15) is 38.4 Å². The van der Waals surface area contributed by atoms with Crippen LogP contribution in [0, 0.1) is 114 Å². The average Bonchev–Trinajstić information content (AvgIpc) is 1.56. The molecule has 0 amide bonds. The van der Waals surface area contributed by atoms with E-state index < -0.39 is 33.6 Å². The number of methoxy groups -OCH3 is 4. The number of carbonyl (C=O) groups is 8. The number of hydrogen-bond donors (Lipinski definition) is 4. The van der Waals surface area contributed by atoms with Crippen molar-refractivity contribution in [2.45, 2.75) is 353 Å². The maximum Gasteiger partial charge on any atom is 0.311 e. The summed E-state index contributed by atoms with van der Waals surface area (Å²) >= 11 is 0. The second-order valence-electron chi connectivity index (χ2n) is 47.0. The molecule has 0 saturated heterocycles. The molecule has 4 aromatic rings. The number of aryl methyl sites for hydroxylation is 4. The van der Waals surface area contributed by atoms with Gasteiger partial charge in [-0.15, -0.1) is 0 Å². The molecule has 0 heterocycles. The minimum atomic E-state index is -0.757. The molecule has 4 N–H and O–H groups in total. The fraction of sp³-hybridized carbons (Fsp3) is 0.719. The van der Waals surface area contributed by atoms with Gasteiger partial charge in [-0.1, -0.05) is 84.1 Å². The van der Waals surface area contributed by atoms with Crippen molar-refractivity contribution in [1.82, 2.24) is 0 Å². The van der Waals surface area contributed by atoms with Gasteiger partial charge in [-0.05, 0) is 431 Å². The number of rotatable bonds is 24. The summed E-state index contributed by atoms with van der Waals surface area (Å²) in [5, 5.41) is 34.7. The maximum absolute atomic E-state index is 13.2. The summed E-state index contributed by atoms with van der Waals surface area (Å²) in [6.45, 7) is 31.9. The first-order chi connectivity index (χ1) is 62.3. The van der Waals surface area contributed by atoms with Gasteiger partial charge < -0.3 is 48.8 Å². The highest BCUT2D eigenvalue weighted by Gasteiger charge is 2.63. The molecule has 0 spiro atoms. The van der Waals surface area contributed by atoms with Crippen LogP contribution in [-0.2, 0) is 73.5 Å². The Morgan fingerprint density at radius 3 is 0.773 bits per heavy atom. The van der Waals surface area contributed by atoms with Crippen LogP contribution < -0.4 is 18.9 Å². The fourth-order valence-corrected chi connectivity index (χ4v) is 27.2. The molecule has 8 saturated carbocycles. The third kappa shape index (κ3) is 23.7. The molecule has 0 bridgehead atoms. The summed E-state index contributed by atoms with van der Waals surface area (Å²) in [5.41, 5.74) is 9.33. The minimum Gasteiger partial charge on any atom is -0.497 e. The summed E-state index contributed by atoms with van der Waals surface area (Å²) in [5.74, 6) is 13.1. The number of fused-ring (bicyclic) bond motifs is 20. The van der Waals surface area contributed by atoms with Crippen LogP contribution in [0.3, 0.4) is 0 Å². The molecular weight excluding hydrogens is 1660 g/mol. The summed E-state index contributed by atoms with van der Waals surface area (Å²) < 4.78 is 32.6. The van der Waals surface area contributed by atoms with Crippen molar-refractivity contribution in [2.24, 2.45) is 114 Å². The van der Waals surface area contributed by atoms with Gasteiger partial charge in [-0.3, -0.25) is 38.4 Å². The van der Waals surface area contributed by atoms with Crippen LogP contribution in [0.25, 0.3) is 0 Å². The number of aliphatic hydroxyl groups excluding tert-OH is 2. The first kappa shape index (κ1) is 105. The van der Waals surface area contributed by atoms with Gasteiger partial charge in [0, 0.05) is 60.6 Å². The smallest absolute Gasteiger partial charge is 0.311 e. The lowest BCUT2D eigenvalue weighted by molar-refractivity contribution is -0.153. The van der Waals surface area contributed by atoms with Crippen molar-refractivity contribution in [3.8, 4) is 23.0 Å². The van der Waals surface area contributed by atoms with E-state index in [0.717, 1.165) is 216 Å². The van der Waals surface area contributed by atoms with Crippen molar-refractivity contribution in [3.63, 3.8) is 0 Å². The number of aliphatic hydroxyl groups is 2. The van der Waals surface area contributed by atoms with Crippen LogP contribution in [0.4, 0.5) is 0 Å². The number of ketones is 4. The zero-order chi connectivity index (χ0) is 96.4. The first-order valence-electron chi connectivity index (χ1n) is 51.2. The van der Waals surface area contributed by atoms with Crippen molar-refractivity contribution < 1.29 is 87.2 Å². The number of aliphatic carboxylic acids is 2. The van der Waals surface area contributed by atoms with Crippen LogP contribution in [0.2, 0.25) is 0 Å². The Kier molecular flexibility index (Phi) is 35.3. The van der Waals surface area contributed by atoms with E-state index in [-0.39, 0.29) is 46.8 Å². The van der Waals surface area contributed by atoms with Crippen molar-refractivity contribution in [1.29, 1.82) is 0 Å². The normalized spacial score (nSPS) is 30.7. The third-order valence-corrected chi connectivity index (χ3v) is 34.5. The molecule has 8 fully saturated rings. The number of carbonyl (C=O) groups excluding carboxylic acids is 6. The number of Topliss-reactive ketones (excluding diaryl/α,β-unsaturated/α-hetero) is 4. The third-order valence-electron chi connectivity index (χ3n) is 34.5. The molecule has 0 radical (unpaired) electrons. The molecule has 732 valence electrons. The Hall–Kier alpha value is -7.44. The molecule has 0 aliphatic heterocycles. The zero-order valence-electron chi connectivity index (χ0n) is 84.5. The van der Waals surface area contributed by atoms with E-state index in [1.54, 1.807) is 70.0 Å². The molecular formula is C114H168O18.